The van der Waals surface area contributed by atoms with Crippen LogP contribution in [0.1, 0.15) is 5.56 Å². The van der Waals surface area contributed by atoms with E-state index in [0.717, 1.165) is 50.3 Å². The monoisotopic (exact) mass is 433 g/mol. The molecule has 32 heavy (non-hydrogen) atoms. The van der Waals surface area contributed by atoms with E-state index in [0.29, 0.717) is 17.2 Å². The maximum Gasteiger partial charge on any atom is 0.203 e. The topological polar surface area (TPSA) is 61.9 Å². The molecule has 6 heteroatoms. The molecular weight excluding hydrogens is 406 g/mol. The summed E-state index contributed by atoms with van der Waals surface area (Å²) in [7, 11) is 8.18. The number of rotatable bonds is 7. The molecule has 6 nitrogen and oxygen atoms in total. The number of ether oxygens (including phenoxy) is 5. The molecule has 0 saturated heterocycles. The molecule has 166 valence electrons. The number of fused-ring (bicyclic) bond motifs is 1. The highest BCUT2D eigenvalue weighted by Gasteiger charge is 2.21. The zero-order valence-electron chi connectivity index (χ0n) is 19.2. The number of hydrogen-bond donors (Lipinski definition) is 1. The van der Waals surface area contributed by atoms with Crippen LogP contribution in [-0.4, -0.2) is 40.5 Å². The van der Waals surface area contributed by atoms with Gasteiger partial charge in [0.15, 0.2) is 11.5 Å². The second-order valence-electron chi connectivity index (χ2n) is 7.38. The molecule has 0 fully saturated rings. The van der Waals surface area contributed by atoms with Crippen LogP contribution in [0.25, 0.3) is 33.3 Å². The van der Waals surface area contributed by atoms with Gasteiger partial charge in [-0.15, -0.1) is 0 Å². The van der Waals surface area contributed by atoms with Crippen LogP contribution < -0.4 is 23.7 Å². The van der Waals surface area contributed by atoms with Crippen LogP contribution in [0, 0.1) is 6.92 Å². The molecular formula is C26H27NO5. The highest BCUT2D eigenvalue weighted by Crippen LogP contribution is 2.46. The highest BCUT2D eigenvalue weighted by atomic mass is 16.5. The summed E-state index contributed by atoms with van der Waals surface area (Å²) in [5.74, 6) is 3.39. The first-order valence-electron chi connectivity index (χ1n) is 10.2. The van der Waals surface area contributed by atoms with Crippen LogP contribution in [0.15, 0.2) is 48.5 Å². The fraction of sp³-hybridized carbons (Fsp3) is 0.231. The molecule has 3 aromatic carbocycles. The zero-order valence-corrected chi connectivity index (χ0v) is 19.2. The van der Waals surface area contributed by atoms with E-state index in [1.165, 1.54) is 0 Å². The van der Waals surface area contributed by atoms with Crippen molar-refractivity contribution in [1.29, 1.82) is 0 Å². The van der Waals surface area contributed by atoms with Crippen molar-refractivity contribution >= 4 is 10.9 Å². The highest BCUT2D eigenvalue weighted by molar-refractivity contribution is 6.04. The number of aromatic nitrogens is 1. The first-order valence-corrected chi connectivity index (χ1v) is 10.2. The number of methoxy groups -OCH3 is 5. The number of benzene rings is 3. The van der Waals surface area contributed by atoms with Crippen molar-refractivity contribution in [1.82, 2.24) is 4.98 Å². The molecule has 0 aliphatic heterocycles. The summed E-state index contributed by atoms with van der Waals surface area (Å²) in [6.07, 6.45) is 0. The largest absolute Gasteiger partial charge is 0.497 e. The quantitative estimate of drug-likeness (QED) is 0.396. The van der Waals surface area contributed by atoms with Gasteiger partial charge in [-0.1, -0.05) is 0 Å². The number of nitrogens with one attached hydrogen (secondary N) is 1. The zero-order chi connectivity index (χ0) is 22.8. The Kier molecular flexibility index (Phi) is 5.86. The van der Waals surface area contributed by atoms with E-state index in [-0.39, 0.29) is 0 Å². The normalized spacial score (nSPS) is 10.8. The minimum atomic E-state index is 0.558. The molecule has 0 aliphatic rings. The Hall–Kier alpha value is -3.80. The lowest BCUT2D eigenvalue weighted by Gasteiger charge is -2.15. The summed E-state index contributed by atoms with van der Waals surface area (Å²) < 4.78 is 27.6. The SMILES string of the molecule is COc1ccc2c(-c3cc(OC)c(OC)c(OC)c3)c(-c3ccc(OC)c(C)c3)[nH]c2c1. The second-order valence-corrected chi connectivity index (χ2v) is 7.38. The van der Waals surface area contributed by atoms with Gasteiger partial charge in [0, 0.05) is 17.0 Å². The lowest BCUT2D eigenvalue weighted by molar-refractivity contribution is 0.324. The Labute approximate surface area is 187 Å². The van der Waals surface area contributed by atoms with Gasteiger partial charge in [-0.25, -0.2) is 0 Å². The van der Waals surface area contributed by atoms with Crippen LogP contribution in [0.4, 0.5) is 0 Å². The minimum Gasteiger partial charge on any atom is -0.497 e. The van der Waals surface area contributed by atoms with E-state index in [1.54, 1.807) is 35.5 Å². The summed E-state index contributed by atoms with van der Waals surface area (Å²) in [6, 6.07) is 16.1. The molecule has 0 spiro atoms. The molecule has 0 amide bonds. The Morgan fingerprint density at radius 3 is 1.88 bits per heavy atom. The average Bonchev–Trinajstić information content (AvgIpc) is 3.21. The molecule has 4 rings (SSSR count). The standard InChI is InChI=1S/C26H27NO5/c1-15-11-16(7-10-21(15)29-3)25-24(19-9-8-18(28-2)14-20(19)27-25)17-12-22(30-4)26(32-6)23(13-17)31-5/h7-14,27H,1-6H3. The second kappa shape index (κ2) is 8.75. The number of aromatic amines is 1. The smallest absolute Gasteiger partial charge is 0.203 e. The summed E-state index contributed by atoms with van der Waals surface area (Å²) in [5, 5.41) is 1.06. The van der Waals surface area contributed by atoms with E-state index in [1.807, 2.05) is 37.3 Å². The van der Waals surface area contributed by atoms with Gasteiger partial charge in [0.05, 0.1) is 46.8 Å². The molecule has 0 bridgehead atoms. The van der Waals surface area contributed by atoms with E-state index in [9.17, 15) is 0 Å². The van der Waals surface area contributed by atoms with Crippen LogP contribution in [-0.2, 0) is 0 Å². The number of aryl methyl sites for hydroxylation is 1. The molecule has 0 radical (unpaired) electrons. The van der Waals surface area contributed by atoms with Gasteiger partial charge in [-0.2, -0.15) is 0 Å². The van der Waals surface area contributed by atoms with Gasteiger partial charge in [0.2, 0.25) is 5.75 Å². The van der Waals surface area contributed by atoms with Crippen molar-refractivity contribution in [3.8, 4) is 51.1 Å². The summed E-state index contributed by atoms with van der Waals surface area (Å²) in [5.41, 5.74) is 6.02. The third-order valence-electron chi connectivity index (χ3n) is 5.64. The number of H-pyrrole nitrogens is 1. The van der Waals surface area contributed by atoms with E-state index in [2.05, 4.69) is 23.2 Å². The Morgan fingerprint density at radius 2 is 1.31 bits per heavy atom. The summed E-state index contributed by atoms with van der Waals surface area (Å²) >= 11 is 0. The summed E-state index contributed by atoms with van der Waals surface area (Å²) in [4.78, 5) is 3.59. The van der Waals surface area contributed by atoms with Gasteiger partial charge in [0.25, 0.3) is 0 Å². The molecule has 1 aromatic heterocycles. The van der Waals surface area contributed by atoms with Gasteiger partial charge in [-0.3, -0.25) is 0 Å². The van der Waals surface area contributed by atoms with Crippen LogP contribution >= 0.6 is 0 Å². The van der Waals surface area contributed by atoms with Crippen LogP contribution in [0.3, 0.4) is 0 Å². The van der Waals surface area contributed by atoms with E-state index >= 15 is 0 Å². The molecule has 0 saturated carbocycles. The molecule has 1 N–H and O–H groups in total. The Balaban J connectivity index is 2.04. The van der Waals surface area contributed by atoms with Crippen molar-refractivity contribution in [2.75, 3.05) is 35.5 Å². The lowest BCUT2D eigenvalue weighted by atomic mass is 9.96. The van der Waals surface area contributed by atoms with Crippen molar-refractivity contribution < 1.29 is 23.7 Å². The lowest BCUT2D eigenvalue weighted by Crippen LogP contribution is -1.96. The van der Waals surface area contributed by atoms with Gasteiger partial charge >= 0.3 is 0 Å². The molecule has 4 aromatic rings. The fourth-order valence-electron chi connectivity index (χ4n) is 4.08. The van der Waals surface area contributed by atoms with Crippen molar-refractivity contribution in [2.45, 2.75) is 6.92 Å². The minimum absolute atomic E-state index is 0.558. The third-order valence-corrected chi connectivity index (χ3v) is 5.64. The van der Waals surface area contributed by atoms with E-state index < -0.39 is 0 Å². The van der Waals surface area contributed by atoms with Gasteiger partial charge in [0.1, 0.15) is 11.5 Å². The predicted octanol–water partition coefficient (Wildman–Crippen LogP) is 5.85. The Morgan fingerprint density at radius 1 is 0.625 bits per heavy atom. The maximum absolute atomic E-state index is 5.61. The first kappa shape index (κ1) is 21.4. The average molecular weight is 434 g/mol. The molecule has 0 unspecified atom stereocenters. The van der Waals surface area contributed by atoms with Gasteiger partial charge < -0.3 is 28.7 Å². The van der Waals surface area contributed by atoms with Crippen LogP contribution in [0.2, 0.25) is 0 Å². The first-order chi connectivity index (χ1) is 15.5. The Bertz CT molecular complexity index is 1250. The van der Waals surface area contributed by atoms with Crippen molar-refractivity contribution in [3.05, 3.63) is 54.1 Å². The fourth-order valence-corrected chi connectivity index (χ4v) is 4.08. The van der Waals surface area contributed by atoms with Gasteiger partial charge in [-0.05, 0) is 66.1 Å². The molecule has 0 aliphatic carbocycles. The van der Waals surface area contributed by atoms with Crippen LogP contribution in [0.5, 0.6) is 28.7 Å². The maximum atomic E-state index is 5.61. The molecule has 0 atom stereocenters. The number of hydrogen-bond acceptors (Lipinski definition) is 5. The third kappa shape index (κ3) is 3.58. The van der Waals surface area contributed by atoms with Crippen molar-refractivity contribution in [3.63, 3.8) is 0 Å². The van der Waals surface area contributed by atoms with E-state index in [4.69, 9.17) is 23.7 Å². The van der Waals surface area contributed by atoms with Crippen molar-refractivity contribution in [2.24, 2.45) is 0 Å². The summed E-state index contributed by atoms with van der Waals surface area (Å²) in [6.45, 7) is 2.03. The molecule has 1 heterocycles. The predicted molar refractivity (Wildman–Crippen MR) is 127 cm³/mol.